The van der Waals surface area contributed by atoms with Crippen molar-refractivity contribution < 1.29 is 36.2 Å². The molecular formula is C31H33F3N6O5S2. The van der Waals surface area contributed by atoms with Crippen LogP contribution in [0.5, 0.6) is 0 Å². The number of carbonyl (C=O) groups is 1. The maximum atomic E-state index is 14.3. The number of aliphatic hydroxyl groups excluding tert-OH is 1. The van der Waals surface area contributed by atoms with E-state index in [0.29, 0.717) is 47.8 Å². The van der Waals surface area contributed by atoms with Gasteiger partial charge in [0.05, 0.1) is 47.1 Å². The zero-order chi connectivity index (χ0) is 32.7. The van der Waals surface area contributed by atoms with Crippen molar-refractivity contribution in [2.75, 3.05) is 62.0 Å². The SMILES string of the molecule is O=C1c2sc(-c3nc(Nc4ccc(N5C[C@H]6C[C@@H]5CN6CCO)cc4C4CC4)ncc3C(F)(F)F)cc2S(=O)(=O)CCN1C1COC1. The fourth-order valence-electron chi connectivity index (χ4n) is 7.18. The van der Waals surface area contributed by atoms with Gasteiger partial charge in [-0.1, -0.05) is 0 Å². The Kier molecular flexibility index (Phi) is 7.51. The zero-order valence-corrected chi connectivity index (χ0v) is 26.9. The predicted octanol–water partition coefficient (Wildman–Crippen LogP) is 3.73. The van der Waals surface area contributed by atoms with E-state index in [4.69, 9.17) is 4.74 Å². The lowest BCUT2D eigenvalue weighted by molar-refractivity contribution is -0.137. The number of carbonyl (C=O) groups excluding carboxylic acids is 1. The van der Waals surface area contributed by atoms with Crippen LogP contribution in [0, 0.1) is 0 Å². The van der Waals surface area contributed by atoms with Crippen molar-refractivity contribution in [3.8, 4) is 10.6 Å². The Morgan fingerprint density at radius 3 is 2.55 bits per heavy atom. The summed E-state index contributed by atoms with van der Waals surface area (Å²) in [7, 11) is -3.94. The Balaban J connectivity index is 1.12. The number of fused-ring (bicyclic) bond motifs is 3. The van der Waals surface area contributed by atoms with Gasteiger partial charge in [0, 0.05) is 55.8 Å². The third kappa shape index (κ3) is 5.57. The predicted molar refractivity (Wildman–Crippen MR) is 168 cm³/mol. The summed E-state index contributed by atoms with van der Waals surface area (Å²) >= 11 is 0.704. The Hall–Kier alpha value is -3.31. The van der Waals surface area contributed by atoms with E-state index >= 15 is 0 Å². The quantitative estimate of drug-likeness (QED) is 0.361. The van der Waals surface area contributed by atoms with Gasteiger partial charge in [0.15, 0.2) is 9.84 Å². The van der Waals surface area contributed by atoms with Gasteiger partial charge in [0.25, 0.3) is 5.91 Å². The minimum Gasteiger partial charge on any atom is -0.395 e. The van der Waals surface area contributed by atoms with E-state index in [-0.39, 0.29) is 58.8 Å². The second-order valence-electron chi connectivity index (χ2n) is 12.9. The van der Waals surface area contributed by atoms with Crippen molar-refractivity contribution in [3.05, 3.63) is 46.5 Å². The van der Waals surface area contributed by atoms with Crippen LogP contribution in [0.2, 0.25) is 0 Å². The summed E-state index contributed by atoms with van der Waals surface area (Å²) in [6.45, 7) is 3.15. The van der Waals surface area contributed by atoms with E-state index in [2.05, 4.69) is 31.2 Å². The molecule has 0 unspecified atom stereocenters. The fraction of sp³-hybridized carbons (Fsp3) is 0.516. The van der Waals surface area contributed by atoms with Crippen LogP contribution < -0.4 is 10.2 Å². The standard InChI is InChI=1S/C31H33F3N6O5S2/c32-31(33,34)23-12-35-30(37-27(23)25-11-26-28(46-25)29(42)39(21-15-45-16-21)6-8-47(26,43)44)36-24-4-3-18(10-22(24)17-1-2-17)40-14-19-9-20(40)13-38(19)5-7-41/h3-4,10-12,17,19-21,41H,1-2,5-9,13-16H2,(H,35,36,37)/t19-,20-/m1/s1. The molecule has 16 heteroatoms. The second kappa shape index (κ2) is 11.4. The number of nitrogens with one attached hydrogen (secondary N) is 1. The van der Waals surface area contributed by atoms with Crippen LogP contribution >= 0.6 is 11.3 Å². The van der Waals surface area contributed by atoms with E-state index in [1.165, 1.54) is 4.90 Å². The molecule has 2 atom stereocenters. The fourth-order valence-corrected chi connectivity index (χ4v) is 10.1. The molecule has 8 rings (SSSR count). The third-order valence-corrected chi connectivity index (χ3v) is 12.8. The second-order valence-corrected chi connectivity index (χ2v) is 16.0. The highest BCUT2D eigenvalue weighted by Gasteiger charge is 2.44. The molecule has 6 heterocycles. The average Bonchev–Trinajstić information content (AvgIpc) is 3.45. The first-order chi connectivity index (χ1) is 22.5. The lowest BCUT2D eigenvalue weighted by atomic mass is 10.1. The van der Waals surface area contributed by atoms with Gasteiger partial charge in [-0.3, -0.25) is 9.69 Å². The van der Waals surface area contributed by atoms with Crippen LogP contribution in [0.25, 0.3) is 10.6 Å². The number of halogens is 3. The van der Waals surface area contributed by atoms with Crippen LogP contribution in [0.4, 0.5) is 30.5 Å². The van der Waals surface area contributed by atoms with E-state index in [0.717, 1.165) is 49.7 Å². The lowest BCUT2D eigenvalue weighted by Gasteiger charge is -2.36. The number of nitrogens with zero attached hydrogens (tertiary/aromatic N) is 5. The Morgan fingerprint density at radius 2 is 1.89 bits per heavy atom. The molecule has 1 amide bonds. The number of likely N-dealkylation sites (tertiary alicyclic amines) is 1. The van der Waals surface area contributed by atoms with Gasteiger partial charge in [-0.2, -0.15) is 13.2 Å². The van der Waals surface area contributed by atoms with Crippen LogP contribution in [0.1, 0.15) is 46.0 Å². The number of aliphatic hydroxyl groups is 1. The smallest absolute Gasteiger partial charge is 0.395 e. The average molecular weight is 691 g/mol. The largest absolute Gasteiger partial charge is 0.420 e. The lowest BCUT2D eigenvalue weighted by Crippen LogP contribution is -2.52. The maximum absolute atomic E-state index is 14.3. The maximum Gasteiger partial charge on any atom is 0.420 e. The first-order valence-electron chi connectivity index (χ1n) is 15.7. The minimum atomic E-state index is -4.82. The number of piperazine rings is 1. The molecule has 0 spiro atoms. The highest BCUT2D eigenvalue weighted by molar-refractivity contribution is 7.91. The normalized spacial score (nSPS) is 24.4. The number of β-amino-alcohol motifs (C(OH)–C–C–N with tert-alkyl or cyclic N) is 1. The molecular weight excluding hydrogens is 658 g/mol. The van der Waals surface area contributed by atoms with Gasteiger partial charge in [0.1, 0.15) is 10.4 Å². The monoisotopic (exact) mass is 690 g/mol. The molecule has 2 N–H and O–H groups in total. The number of anilines is 3. The van der Waals surface area contributed by atoms with E-state index in [9.17, 15) is 31.5 Å². The number of hydrogen-bond acceptors (Lipinski definition) is 11. The number of sulfone groups is 1. The number of aromatic nitrogens is 2. The number of ether oxygens (including phenoxy) is 1. The Morgan fingerprint density at radius 1 is 1.09 bits per heavy atom. The molecule has 1 aliphatic carbocycles. The number of alkyl halides is 3. The van der Waals surface area contributed by atoms with Crippen molar-refractivity contribution >= 4 is 44.4 Å². The Bertz CT molecular complexity index is 1840. The van der Waals surface area contributed by atoms with E-state index in [1.807, 2.05) is 12.1 Å². The van der Waals surface area contributed by atoms with Crippen LogP contribution in [0.3, 0.4) is 0 Å². The molecule has 0 radical (unpaired) electrons. The molecule has 11 nitrogen and oxygen atoms in total. The van der Waals surface area contributed by atoms with Crippen molar-refractivity contribution in [1.82, 2.24) is 19.8 Å². The molecule has 2 bridgehead atoms. The van der Waals surface area contributed by atoms with E-state index in [1.54, 1.807) is 0 Å². The molecule has 1 saturated carbocycles. The summed E-state index contributed by atoms with van der Waals surface area (Å²) in [5.74, 6) is -0.618. The summed E-state index contributed by atoms with van der Waals surface area (Å²) in [6, 6.07) is 7.70. The molecule has 2 aromatic heterocycles. The number of amides is 1. The topological polar surface area (TPSA) is 128 Å². The molecule has 3 aromatic rings. The van der Waals surface area contributed by atoms with Crippen LogP contribution in [-0.4, -0.2) is 109 Å². The number of benzene rings is 1. The van der Waals surface area contributed by atoms with Gasteiger partial charge in [-0.25, -0.2) is 18.4 Å². The summed E-state index contributed by atoms with van der Waals surface area (Å²) in [5.41, 5.74) is 1.23. The number of thiophene rings is 1. The molecule has 3 saturated heterocycles. The first-order valence-corrected chi connectivity index (χ1v) is 18.2. The molecule has 5 aliphatic rings. The highest BCUT2D eigenvalue weighted by atomic mass is 32.2. The van der Waals surface area contributed by atoms with Gasteiger partial charge in [-0.05, 0) is 55.0 Å². The van der Waals surface area contributed by atoms with Crippen LogP contribution in [-0.2, 0) is 20.8 Å². The molecule has 250 valence electrons. The number of hydrogen-bond donors (Lipinski definition) is 2. The van der Waals surface area contributed by atoms with Gasteiger partial charge >= 0.3 is 6.18 Å². The van der Waals surface area contributed by atoms with E-state index < -0.39 is 33.2 Å². The van der Waals surface area contributed by atoms with Gasteiger partial charge in [-0.15, -0.1) is 11.3 Å². The van der Waals surface area contributed by atoms with Gasteiger partial charge < -0.3 is 25.0 Å². The van der Waals surface area contributed by atoms with Crippen molar-refractivity contribution in [2.24, 2.45) is 0 Å². The summed E-state index contributed by atoms with van der Waals surface area (Å²) in [6.07, 6.45) is -1.07. The summed E-state index contributed by atoms with van der Waals surface area (Å²) in [5, 5.41) is 12.5. The minimum absolute atomic E-state index is 0.00935. The third-order valence-electron chi connectivity index (χ3n) is 9.85. The van der Waals surface area contributed by atoms with Crippen molar-refractivity contribution in [2.45, 2.75) is 54.4 Å². The molecule has 47 heavy (non-hydrogen) atoms. The summed E-state index contributed by atoms with van der Waals surface area (Å²) in [4.78, 5) is 27.5. The zero-order valence-electron chi connectivity index (χ0n) is 25.2. The first kappa shape index (κ1) is 31.0. The van der Waals surface area contributed by atoms with Crippen molar-refractivity contribution in [1.29, 1.82) is 0 Å². The molecule has 4 fully saturated rings. The van der Waals surface area contributed by atoms with Gasteiger partial charge in [0.2, 0.25) is 5.95 Å². The molecule has 1 aromatic carbocycles. The van der Waals surface area contributed by atoms with Crippen LogP contribution in [0.15, 0.2) is 35.4 Å². The molecule has 4 aliphatic heterocycles. The summed E-state index contributed by atoms with van der Waals surface area (Å²) < 4.78 is 74.4. The number of rotatable bonds is 8. The highest BCUT2D eigenvalue weighted by Crippen LogP contribution is 2.47. The van der Waals surface area contributed by atoms with Crippen molar-refractivity contribution in [3.63, 3.8) is 0 Å². The Labute approximate surface area is 273 Å².